The Morgan fingerprint density at radius 1 is 1.20 bits per heavy atom. The van der Waals surface area contributed by atoms with Gasteiger partial charge in [0.15, 0.2) is 0 Å². The number of hydrogen-bond donors (Lipinski definition) is 2. The lowest BCUT2D eigenvalue weighted by Gasteiger charge is -1.95. The first-order valence-electron chi connectivity index (χ1n) is 6.02. The second-order valence-corrected chi connectivity index (χ2v) is 5.72. The summed E-state index contributed by atoms with van der Waals surface area (Å²) >= 11 is 1.21. The van der Waals surface area contributed by atoms with Crippen molar-refractivity contribution >= 4 is 34.0 Å². The van der Waals surface area contributed by atoms with Crippen molar-refractivity contribution in [2.45, 2.75) is 6.92 Å². The van der Waals surface area contributed by atoms with Crippen molar-refractivity contribution in [2.24, 2.45) is 0 Å². The van der Waals surface area contributed by atoms with Crippen LogP contribution in [0.15, 0.2) is 36.5 Å². The summed E-state index contributed by atoms with van der Waals surface area (Å²) < 4.78 is 0. The number of aryl methyl sites for hydroxylation is 1. The normalized spacial score (nSPS) is 10.8. The zero-order valence-corrected chi connectivity index (χ0v) is 11.5. The van der Waals surface area contributed by atoms with Crippen LogP contribution in [0.5, 0.6) is 0 Å². The number of carboxylic acid groups (broad SMARTS) is 1. The van der Waals surface area contributed by atoms with Gasteiger partial charge in [0.2, 0.25) is 5.78 Å². The van der Waals surface area contributed by atoms with Crippen LogP contribution in [0.25, 0.3) is 10.9 Å². The fourth-order valence-electron chi connectivity index (χ4n) is 2.20. The Labute approximate surface area is 118 Å². The van der Waals surface area contributed by atoms with Crippen LogP contribution in [0.1, 0.15) is 30.5 Å². The molecule has 0 spiro atoms. The summed E-state index contributed by atoms with van der Waals surface area (Å²) in [6.07, 6.45) is 1.67. The molecule has 1 aromatic carbocycles. The fourth-order valence-corrected chi connectivity index (χ4v) is 3.16. The van der Waals surface area contributed by atoms with Crippen molar-refractivity contribution in [3.8, 4) is 0 Å². The molecule has 2 aromatic heterocycles. The predicted octanol–water partition coefficient (Wildman–Crippen LogP) is 3.47. The number of carbonyl (C=O) groups excluding carboxylic acids is 1. The van der Waals surface area contributed by atoms with Crippen LogP contribution >= 0.6 is 11.3 Å². The van der Waals surface area contributed by atoms with E-state index in [4.69, 9.17) is 5.11 Å². The van der Waals surface area contributed by atoms with Crippen LogP contribution in [0.2, 0.25) is 0 Å². The molecule has 0 unspecified atom stereocenters. The Kier molecular flexibility index (Phi) is 2.91. The van der Waals surface area contributed by atoms with Gasteiger partial charge < -0.3 is 10.1 Å². The summed E-state index contributed by atoms with van der Waals surface area (Å²) in [5, 5.41) is 9.90. The average Bonchev–Trinajstić information content (AvgIpc) is 3.01. The van der Waals surface area contributed by atoms with Crippen molar-refractivity contribution < 1.29 is 14.7 Å². The lowest BCUT2D eigenvalue weighted by molar-refractivity contribution is 0.0697. The highest BCUT2D eigenvalue weighted by atomic mass is 32.1. The summed E-state index contributed by atoms with van der Waals surface area (Å²) in [6.45, 7) is 1.71. The number of aromatic nitrogens is 1. The molecule has 0 saturated carbocycles. The summed E-state index contributed by atoms with van der Waals surface area (Å²) in [5.74, 6) is -1.15. The molecule has 0 aliphatic heterocycles. The first-order valence-corrected chi connectivity index (χ1v) is 6.84. The van der Waals surface area contributed by atoms with E-state index < -0.39 is 5.97 Å². The van der Waals surface area contributed by atoms with Crippen molar-refractivity contribution in [3.63, 3.8) is 0 Å². The summed E-state index contributed by atoms with van der Waals surface area (Å²) in [4.78, 5) is 27.7. The molecule has 4 nitrogen and oxygen atoms in total. The van der Waals surface area contributed by atoms with Gasteiger partial charge in [0.1, 0.15) is 0 Å². The summed E-state index contributed by atoms with van der Waals surface area (Å²) in [6, 6.07) is 8.98. The molecule has 20 heavy (non-hydrogen) atoms. The van der Waals surface area contributed by atoms with E-state index in [1.54, 1.807) is 13.1 Å². The topological polar surface area (TPSA) is 70.2 Å². The number of benzene rings is 1. The molecular weight excluding hydrogens is 274 g/mol. The van der Waals surface area contributed by atoms with Gasteiger partial charge in [0.05, 0.1) is 10.4 Å². The van der Waals surface area contributed by atoms with E-state index in [1.807, 2.05) is 24.3 Å². The number of thiophene rings is 1. The molecule has 0 aliphatic rings. The number of nitrogens with one attached hydrogen (secondary N) is 1. The number of fused-ring (bicyclic) bond motifs is 1. The molecule has 5 heteroatoms. The molecule has 100 valence electrons. The Hall–Kier alpha value is -2.40. The summed E-state index contributed by atoms with van der Waals surface area (Å²) in [5.41, 5.74) is 1.65. The van der Waals surface area contributed by atoms with E-state index >= 15 is 0 Å². The van der Waals surface area contributed by atoms with Crippen LogP contribution in [0.4, 0.5) is 0 Å². The minimum absolute atomic E-state index is 0.150. The lowest BCUT2D eigenvalue weighted by atomic mass is 10.1. The van der Waals surface area contributed by atoms with Crippen LogP contribution in [0.3, 0.4) is 0 Å². The van der Waals surface area contributed by atoms with Gasteiger partial charge in [0.25, 0.3) is 0 Å². The lowest BCUT2D eigenvalue weighted by Crippen LogP contribution is -1.98. The number of aromatic amines is 1. The number of H-pyrrole nitrogens is 1. The highest BCUT2D eigenvalue weighted by Gasteiger charge is 2.19. The number of carbonyl (C=O) groups is 2. The number of aromatic carboxylic acids is 1. The van der Waals surface area contributed by atoms with Gasteiger partial charge in [-0.1, -0.05) is 18.2 Å². The van der Waals surface area contributed by atoms with Gasteiger partial charge in [-0.25, -0.2) is 4.79 Å². The zero-order chi connectivity index (χ0) is 14.3. The molecule has 3 aromatic rings. The van der Waals surface area contributed by atoms with E-state index in [-0.39, 0.29) is 11.3 Å². The Balaban J connectivity index is 2.09. The van der Waals surface area contributed by atoms with E-state index in [0.29, 0.717) is 15.3 Å². The third kappa shape index (κ3) is 1.92. The maximum atomic E-state index is 12.5. The molecule has 3 rings (SSSR count). The minimum Gasteiger partial charge on any atom is -0.478 e. The van der Waals surface area contributed by atoms with Gasteiger partial charge in [-0.2, -0.15) is 0 Å². The van der Waals surface area contributed by atoms with Crippen LogP contribution in [0, 0.1) is 6.92 Å². The standard InChI is InChI=1S/C15H11NO3S/c1-8-10(15(18)19)6-13(20-8)14(17)11-7-16-12-5-3-2-4-9(11)12/h2-7,16H,1H3,(H,18,19). The first kappa shape index (κ1) is 12.6. The number of para-hydroxylation sites is 1. The molecule has 0 saturated heterocycles. The van der Waals surface area contributed by atoms with E-state index in [0.717, 1.165) is 10.9 Å². The highest BCUT2D eigenvalue weighted by molar-refractivity contribution is 7.14. The molecule has 0 bridgehead atoms. The molecule has 0 aliphatic carbocycles. The summed E-state index contributed by atoms with van der Waals surface area (Å²) in [7, 11) is 0. The predicted molar refractivity (Wildman–Crippen MR) is 77.7 cm³/mol. The second-order valence-electron chi connectivity index (χ2n) is 4.46. The van der Waals surface area contributed by atoms with Gasteiger partial charge in [-0.15, -0.1) is 11.3 Å². The third-order valence-electron chi connectivity index (χ3n) is 3.21. The van der Waals surface area contributed by atoms with Crippen molar-refractivity contribution in [1.29, 1.82) is 0 Å². The molecule has 0 amide bonds. The number of carboxylic acids is 1. The van der Waals surface area contributed by atoms with Crippen LogP contribution in [-0.2, 0) is 0 Å². The number of rotatable bonds is 3. The van der Waals surface area contributed by atoms with E-state index in [1.165, 1.54) is 17.4 Å². The second kappa shape index (κ2) is 4.61. The number of hydrogen-bond acceptors (Lipinski definition) is 3. The van der Waals surface area contributed by atoms with Gasteiger partial charge in [-0.3, -0.25) is 4.79 Å². The van der Waals surface area contributed by atoms with Gasteiger partial charge >= 0.3 is 5.97 Å². The van der Waals surface area contributed by atoms with Crippen LogP contribution < -0.4 is 0 Å². The number of ketones is 1. The quantitative estimate of drug-likeness (QED) is 0.724. The Bertz CT molecular complexity index is 829. The first-order chi connectivity index (χ1) is 9.58. The zero-order valence-electron chi connectivity index (χ0n) is 10.6. The van der Waals surface area contributed by atoms with Crippen molar-refractivity contribution in [1.82, 2.24) is 4.98 Å². The largest absolute Gasteiger partial charge is 0.478 e. The Morgan fingerprint density at radius 2 is 1.95 bits per heavy atom. The SMILES string of the molecule is Cc1sc(C(=O)c2c[nH]c3ccccc23)cc1C(=O)O. The van der Waals surface area contributed by atoms with Gasteiger partial charge in [-0.05, 0) is 19.1 Å². The molecule has 2 heterocycles. The monoisotopic (exact) mass is 285 g/mol. The van der Waals surface area contributed by atoms with Crippen molar-refractivity contribution in [2.75, 3.05) is 0 Å². The maximum Gasteiger partial charge on any atom is 0.336 e. The molecule has 2 N–H and O–H groups in total. The fraction of sp³-hybridized carbons (Fsp3) is 0.0667. The van der Waals surface area contributed by atoms with Gasteiger partial charge in [0, 0.05) is 27.5 Å². The van der Waals surface area contributed by atoms with E-state index in [9.17, 15) is 9.59 Å². The van der Waals surface area contributed by atoms with Crippen LogP contribution in [-0.4, -0.2) is 21.8 Å². The molecule has 0 radical (unpaired) electrons. The molecule has 0 fully saturated rings. The third-order valence-corrected chi connectivity index (χ3v) is 4.26. The molecular formula is C15H11NO3S. The van der Waals surface area contributed by atoms with Crippen molar-refractivity contribution in [3.05, 3.63) is 57.4 Å². The molecule has 0 atom stereocenters. The van der Waals surface area contributed by atoms with E-state index in [2.05, 4.69) is 4.98 Å². The minimum atomic E-state index is -1.00. The Morgan fingerprint density at radius 3 is 2.65 bits per heavy atom. The smallest absolute Gasteiger partial charge is 0.336 e. The maximum absolute atomic E-state index is 12.5. The highest BCUT2D eigenvalue weighted by Crippen LogP contribution is 2.27. The average molecular weight is 285 g/mol.